The molecule has 1 aromatic heterocycles. The first kappa shape index (κ1) is 22.9. The van der Waals surface area contributed by atoms with Crippen molar-refractivity contribution >= 4 is 15.7 Å². The van der Waals surface area contributed by atoms with Gasteiger partial charge in [0, 0.05) is 18.5 Å². The van der Waals surface area contributed by atoms with Crippen LogP contribution in [0.5, 0.6) is 0 Å². The summed E-state index contributed by atoms with van der Waals surface area (Å²) in [6, 6.07) is 7.33. The fourth-order valence-corrected chi connectivity index (χ4v) is 4.97. The Morgan fingerprint density at radius 1 is 1.24 bits per heavy atom. The maximum Gasteiger partial charge on any atom is 0.228 e. The van der Waals surface area contributed by atoms with Gasteiger partial charge in [0.15, 0.2) is 0 Å². The van der Waals surface area contributed by atoms with Crippen molar-refractivity contribution in [1.82, 2.24) is 14.5 Å². The number of amides is 1. The number of imidazole rings is 1. The van der Waals surface area contributed by atoms with E-state index in [9.17, 15) is 13.2 Å². The van der Waals surface area contributed by atoms with Gasteiger partial charge in [0.05, 0.1) is 24.2 Å². The minimum atomic E-state index is -3.65. The highest BCUT2D eigenvalue weighted by molar-refractivity contribution is 7.90. The molecule has 2 aromatic rings. The van der Waals surface area contributed by atoms with Gasteiger partial charge in [0.25, 0.3) is 0 Å². The number of carbonyl (C=O) groups is 1. The fraction of sp³-hybridized carbons (Fsp3) is 0.455. The molecule has 0 N–H and O–H groups in total. The molecule has 6 nitrogen and oxygen atoms in total. The number of rotatable bonds is 9. The van der Waals surface area contributed by atoms with Crippen molar-refractivity contribution in [2.75, 3.05) is 6.54 Å². The highest BCUT2D eigenvalue weighted by Crippen LogP contribution is 2.24. The number of carbonyl (C=O) groups excluding carboxylic acids is 1. The molecule has 158 valence electrons. The average molecular weight is 418 g/mol. The quantitative estimate of drug-likeness (QED) is 0.580. The van der Waals surface area contributed by atoms with E-state index in [-0.39, 0.29) is 35.3 Å². The molecule has 0 unspecified atom stereocenters. The zero-order chi connectivity index (χ0) is 21.8. The van der Waals surface area contributed by atoms with Gasteiger partial charge < -0.3 is 9.47 Å². The first-order valence-corrected chi connectivity index (χ1v) is 11.5. The van der Waals surface area contributed by atoms with Gasteiger partial charge in [-0.2, -0.15) is 0 Å². The lowest BCUT2D eigenvalue weighted by atomic mass is 10.1. The predicted octanol–water partition coefficient (Wildman–Crippen LogP) is 3.92. The Morgan fingerprint density at radius 3 is 2.45 bits per heavy atom. The van der Waals surface area contributed by atoms with Gasteiger partial charge in [-0.05, 0) is 31.9 Å². The van der Waals surface area contributed by atoms with Crippen LogP contribution in [-0.4, -0.2) is 35.3 Å². The summed E-state index contributed by atoms with van der Waals surface area (Å²) in [5, 5.41) is 0.0429. The van der Waals surface area contributed by atoms with Gasteiger partial charge in [-0.1, -0.05) is 44.2 Å². The summed E-state index contributed by atoms with van der Waals surface area (Å²) >= 11 is 0. The van der Waals surface area contributed by atoms with E-state index in [0.717, 1.165) is 11.1 Å². The van der Waals surface area contributed by atoms with Crippen molar-refractivity contribution in [3.8, 4) is 0 Å². The van der Waals surface area contributed by atoms with Crippen LogP contribution in [-0.2, 0) is 26.9 Å². The third-order valence-electron chi connectivity index (χ3n) is 4.75. The van der Waals surface area contributed by atoms with E-state index in [1.54, 1.807) is 21.7 Å². The average Bonchev–Trinajstić information content (AvgIpc) is 3.07. The molecule has 29 heavy (non-hydrogen) atoms. The van der Waals surface area contributed by atoms with E-state index in [2.05, 4.69) is 11.6 Å². The number of sulfone groups is 1. The van der Waals surface area contributed by atoms with Crippen LogP contribution in [0.4, 0.5) is 0 Å². The Bertz CT molecular complexity index is 975. The predicted molar refractivity (Wildman–Crippen MR) is 115 cm³/mol. The van der Waals surface area contributed by atoms with E-state index in [4.69, 9.17) is 0 Å². The Kier molecular flexibility index (Phi) is 7.41. The van der Waals surface area contributed by atoms with Crippen LogP contribution in [0.3, 0.4) is 0 Å². The lowest BCUT2D eigenvalue weighted by Crippen LogP contribution is -2.34. The van der Waals surface area contributed by atoms with E-state index in [0.29, 0.717) is 12.2 Å². The molecule has 0 spiro atoms. The molecule has 0 radical (unpaired) electrons. The second kappa shape index (κ2) is 9.39. The lowest BCUT2D eigenvalue weighted by Gasteiger charge is -2.25. The first-order valence-electron chi connectivity index (χ1n) is 9.81. The number of nitrogens with zero attached hydrogens (tertiary/aromatic N) is 3. The molecule has 0 saturated heterocycles. The van der Waals surface area contributed by atoms with Crippen LogP contribution in [0.1, 0.15) is 50.6 Å². The molecule has 0 atom stereocenters. The van der Waals surface area contributed by atoms with E-state index < -0.39 is 9.84 Å². The standard InChI is InChI=1S/C22H31N3O3S/c1-7-12-24(21(26)16(2)3)14-20-13-23-22(25(20)17(4)5)29(27,28)15-19-11-9-8-10-18(19)6/h7-11,13,16-17H,1,12,14-15H2,2-6H3. The molecule has 0 aliphatic rings. The Balaban J connectivity index is 2.43. The molecular formula is C22H31N3O3S. The van der Waals surface area contributed by atoms with Crippen molar-refractivity contribution in [2.24, 2.45) is 5.92 Å². The number of aromatic nitrogens is 2. The summed E-state index contributed by atoms with van der Waals surface area (Å²) in [7, 11) is -3.65. The fourth-order valence-electron chi connectivity index (χ4n) is 3.27. The topological polar surface area (TPSA) is 72.3 Å². The number of hydrogen-bond donors (Lipinski definition) is 0. The van der Waals surface area contributed by atoms with Crippen LogP contribution in [0.15, 0.2) is 48.3 Å². The normalized spacial score (nSPS) is 11.8. The van der Waals surface area contributed by atoms with Crippen LogP contribution < -0.4 is 0 Å². The number of aryl methyl sites for hydroxylation is 1. The summed E-state index contributed by atoms with van der Waals surface area (Å²) in [6.07, 6.45) is 3.24. The van der Waals surface area contributed by atoms with Crippen molar-refractivity contribution in [3.63, 3.8) is 0 Å². The van der Waals surface area contributed by atoms with E-state index >= 15 is 0 Å². The Morgan fingerprint density at radius 2 is 1.90 bits per heavy atom. The van der Waals surface area contributed by atoms with Gasteiger partial charge in [-0.3, -0.25) is 4.79 Å². The maximum absolute atomic E-state index is 13.2. The summed E-state index contributed by atoms with van der Waals surface area (Å²) in [4.78, 5) is 18.5. The molecule has 7 heteroatoms. The highest BCUT2D eigenvalue weighted by Gasteiger charge is 2.27. The summed E-state index contributed by atoms with van der Waals surface area (Å²) < 4.78 is 28.1. The molecule has 0 fully saturated rings. The van der Waals surface area contributed by atoms with Gasteiger partial charge in [-0.15, -0.1) is 6.58 Å². The number of hydrogen-bond acceptors (Lipinski definition) is 4. The molecular weight excluding hydrogens is 386 g/mol. The Labute approximate surface area is 174 Å². The van der Waals surface area contributed by atoms with Crippen molar-refractivity contribution in [2.45, 2.75) is 58.1 Å². The molecule has 2 rings (SSSR count). The number of benzene rings is 1. The molecule has 0 aliphatic carbocycles. The zero-order valence-electron chi connectivity index (χ0n) is 17.9. The van der Waals surface area contributed by atoms with Crippen molar-refractivity contribution in [3.05, 3.63) is 59.9 Å². The van der Waals surface area contributed by atoms with Gasteiger partial charge in [-0.25, -0.2) is 13.4 Å². The second-order valence-electron chi connectivity index (χ2n) is 7.84. The Hall–Kier alpha value is -2.41. The summed E-state index contributed by atoms with van der Waals surface area (Å²) in [5.74, 6) is -0.273. The molecule has 1 heterocycles. The van der Waals surface area contributed by atoms with Crippen LogP contribution in [0, 0.1) is 12.8 Å². The first-order chi connectivity index (χ1) is 13.6. The van der Waals surface area contributed by atoms with Gasteiger partial charge >= 0.3 is 0 Å². The van der Waals surface area contributed by atoms with Crippen LogP contribution in [0.25, 0.3) is 0 Å². The highest BCUT2D eigenvalue weighted by atomic mass is 32.2. The minimum Gasteiger partial charge on any atom is -0.333 e. The van der Waals surface area contributed by atoms with Gasteiger partial charge in [0.1, 0.15) is 0 Å². The SMILES string of the molecule is C=CCN(Cc1cnc(S(=O)(=O)Cc2ccccc2C)n1C(C)C)C(=O)C(C)C. The van der Waals surface area contributed by atoms with Crippen LogP contribution in [0.2, 0.25) is 0 Å². The summed E-state index contributed by atoms with van der Waals surface area (Å²) in [5.41, 5.74) is 2.38. The minimum absolute atomic E-state index is 0.00859. The van der Waals surface area contributed by atoms with Gasteiger partial charge in [0.2, 0.25) is 20.9 Å². The van der Waals surface area contributed by atoms with Crippen molar-refractivity contribution < 1.29 is 13.2 Å². The molecule has 1 aromatic carbocycles. The lowest BCUT2D eigenvalue weighted by molar-refractivity contribution is -0.134. The molecule has 0 aliphatic heterocycles. The molecule has 0 saturated carbocycles. The monoisotopic (exact) mass is 417 g/mol. The summed E-state index contributed by atoms with van der Waals surface area (Å²) in [6.45, 7) is 13.8. The van der Waals surface area contributed by atoms with Crippen LogP contribution >= 0.6 is 0 Å². The molecule has 1 amide bonds. The second-order valence-corrected chi connectivity index (χ2v) is 9.73. The maximum atomic E-state index is 13.2. The third kappa shape index (κ3) is 5.35. The molecule has 0 bridgehead atoms. The van der Waals surface area contributed by atoms with E-state index in [1.807, 2.05) is 58.9 Å². The zero-order valence-corrected chi connectivity index (χ0v) is 18.7. The van der Waals surface area contributed by atoms with E-state index in [1.165, 1.54) is 0 Å². The largest absolute Gasteiger partial charge is 0.333 e. The van der Waals surface area contributed by atoms with Crippen molar-refractivity contribution in [1.29, 1.82) is 0 Å². The third-order valence-corrected chi connectivity index (χ3v) is 6.30. The smallest absolute Gasteiger partial charge is 0.228 e.